The van der Waals surface area contributed by atoms with Gasteiger partial charge in [-0.05, 0) is 17.7 Å². The zero-order valence-electron chi connectivity index (χ0n) is 6.73. The summed E-state index contributed by atoms with van der Waals surface area (Å²) in [4.78, 5) is 0. The topological polar surface area (TPSA) is 52.0 Å². The van der Waals surface area contributed by atoms with Gasteiger partial charge in [0.1, 0.15) is 5.82 Å². The first-order valence-electron chi connectivity index (χ1n) is 3.66. The van der Waals surface area contributed by atoms with Crippen LogP contribution in [0.4, 0.5) is 4.39 Å². The number of benzene rings is 1. The van der Waals surface area contributed by atoms with Crippen molar-refractivity contribution in [3.8, 4) is 0 Å². The number of nitrogens with two attached hydrogens (primary N) is 2. The standard InChI is InChI=1S/C8H9Br2FN2/c9-5-1-4(11)2-6(10)8(5)7(13)3-12/h1-2,7H,3,12-13H2. The van der Waals surface area contributed by atoms with E-state index in [0.717, 1.165) is 5.56 Å². The van der Waals surface area contributed by atoms with Gasteiger partial charge in [0.15, 0.2) is 0 Å². The van der Waals surface area contributed by atoms with Crippen LogP contribution in [0.15, 0.2) is 21.1 Å². The fraction of sp³-hybridized carbons (Fsp3) is 0.250. The van der Waals surface area contributed by atoms with Crippen LogP contribution in [0.3, 0.4) is 0 Å². The second kappa shape index (κ2) is 4.50. The first-order chi connectivity index (χ1) is 6.06. The van der Waals surface area contributed by atoms with Gasteiger partial charge in [-0.1, -0.05) is 31.9 Å². The highest BCUT2D eigenvalue weighted by molar-refractivity contribution is 9.11. The number of hydrogen-bond acceptors (Lipinski definition) is 2. The van der Waals surface area contributed by atoms with E-state index >= 15 is 0 Å². The number of rotatable bonds is 2. The third-order valence-corrected chi connectivity index (χ3v) is 2.98. The van der Waals surface area contributed by atoms with Crippen LogP contribution >= 0.6 is 31.9 Å². The van der Waals surface area contributed by atoms with Gasteiger partial charge in [-0.15, -0.1) is 0 Å². The van der Waals surface area contributed by atoms with Crippen LogP contribution in [-0.2, 0) is 0 Å². The molecular weight excluding hydrogens is 303 g/mol. The molecule has 1 rings (SSSR count). The second-order valence-corrected chi connectivity index (χ2v) is 4.33. The van der Waals surface area contributed by atoms with Crippen LogP contribution in [0.1, 0.15) is 11.6 Å². The van der Waals surface area contributed by atoms with Gasteiger partial charge in [0, 0.05) is 21.5 Å². The lowest BCUT2D eigenvalue weighted by atomic mass is 10.1. The normalized spacial score (nSPS) is 13.0. The quantitative estimate of drug-likeness (QED) is 0.880. The molecule has 72 valence electrons. The predicted octanol–water partition coefficient (Wildman–Crippen LogP) is 2.31. The minimum atomic E-state index is -0.313. The maximum atomic E-state index is 12.8. The van der Waals surface area contributed by atoms with Crippen molar-refractivity contribution in [3.05, 3.63) is 32.5 Å². The summed E-state index contributed by atoms with van der Waals surface area (Å²) in [6, 6.07) is 2.45. The first kappa shape index (κ1) is 11.1. The Hall–Kier alpha value is 0.0300. The lowest BCUT2D eigenvalue weighted by Crippen LogP contribution is -2.21. The van der Waals surface area contributed by atoms with Crippen LogP contribution in [0.2, 0.25) is 0 Å². The molecule has 1 atom stereocenters. The smallest absolute Gasteiger partial charge is 0.125 e. The summed E-state index contributed by atoms with van der Waals surface area (Å²) < 4.78 is 14.1. The Kier molecular flexibility index (Phi) is 3.85. The van der Waals surface area contributed by atoms with Crippen molar-refractivity contribution >= 4 is 31.9 Å². The molecule has 0 saturated carbocycles. The molecule has 1 unspecified atom stereocenters. The van der Waals surface area contributed by atoms with Gasteiger partial charge in [0.05, 0.1) is 0 Å². The van der Waals surface area contributed by atoms with Crippen molar-refractivity contribution in [2.45, 2.75) is 6.04 Å². The van der Waals surface area contributed by atoms with Crippen molar-refractivity contribution in [2.24, 2.45) is 11.5 Å². The third-order valence-electron chi connectivity index (χ3n) is 1.67. The van der Waals surface area contributed by atoms with E-state index in [1.54, 1.807) is 0 Å². The molecule has 0 bridgehead atoms. The van der Waals surface area contributed by atoms with Gasteiger partial charge in [-0.2, -0.15) is 0 Å². The second-order valence-electron chi connectivity index (χ2n) is 2.63. The van der Waals surface area contributed by atoms with E-state index in [2.05, 4.69) is 31.9 Å². The summed E-state index contributed by atoms with van der Waals surface area (Å²) in [5.41, 5.74) is 12.0. The van der Waals surface area contributed by atoms with Gasteiger partial charge >= 0.3 is 0 Å². The molecule has 4 N–H and O–H groups in total. The van der Waals surface area contributed by atoms with Gasteiger partial charge in [-0.3, -0.25) is 0 Å². The maximum Gasteiger partial charge on any atom is 0.125 e. The molecule has 0 saturated heterocycles. The molecule has 0 amide bonds. The van der Waals surface area contributed by atoms with Crippen molar-refractivity contribution in [3.63, 3.8) is 0 Å². The van der Waals surface area contributed by atoms with E-state index in [0.29, 0.717) is 15.5 Å². The van der Waals surface area contributed by atoms with Crippen LogP contribution in [-0.4, -0.2) is 6.54 Å². The number of halogens is 3. The van der Waals surface area contributed by atoms with E-state index in [-0.39, 0.29) is 11.9 Å². The molecule has 0 aliphatic rings. The van der Waals surface area contributed by atoms with E-state index in [1.807, 2.05) is 0 Å². The highest BCUT2D eigenvalue weighted by atomic mass is 79.9. The molecule has 0 heterocycles. The summed E-state index contributed by atoms with van der Waals surface area (Å²) in [5, 5.41) is 0. The largest absolute Gasteiger partial charge is 0.329 e. The van der Waals surface area contributed by atoms with Crippen molar-refractivity contribution in [1.82, 2.24) is 0 Å². The van der Waals surface area contributed by atoms with Crippen molar-refractivity contribution in [1.29, 1.82) is 0 Å². The minimum absolute atomic E-state index is 0.288. The molecule has 1 aromatic rings. The van der Waals surface area contributed by atoms with Gasteiger partial charge in [0.25, 0.3) is 0 Å². The Balaban J connectivity index is 3.20. The first-order valence-corrected chi connectivity index (χ1v) is 5.25. The summed E-state index contributed by atoms with van der Waals surface area (Å²) in [6.07, 6.45) is 0. The molecule has 0 aliphatic heterocycles. The SMILES string of the molecule is NCC(N)c1c(Br)cc(F)cc1Br. The fourth-order valence-electron chi connectivity index (χ4n) is 1.03. The minimum Gasteiger partial charge on any atom is -0.329 e. The molecule has 0 aromatic heterocycles. The molecule has 0 spiro atoms. The molecule has 0 aliphatic carbocycles. The van der Waals surface area contributed by atoms with E-state index < -0.39 is 0 Å². The van der Waals surface area contributed by atoms with E-state index in [4.69, 9.17) is 11.5 Å². The maximum absolute atomic E-state index is 12.8. The molecule has 2 nitrogen and oxygen atoms in total. The monoisotopic (exact) mass is 310 g/mol. The van der Waals surface area contributed by atoms with Crippen LogP contribution in [0.25, 0.3) is 0 Å². The Morgan fingerprint density at radius 2 is 1.77 bits per heavy atom. The van der Waals surface area contributed by atoms with E-state index in [1.165, 1.54) is 12.1 Å². The average Bonchev–Trinajstić information content (AvgIpc) is 2.02. The Labute approximate surface area is 92.7 Å². The third kappa shape index (κ3) is 2.49. The highest BCUT2D eigenvalue weighted by Crippen LogP contribution is 2.30. The zero-order chi connectivity index (χ0) is 10.0. The van der Waals surface area contributed by atoms with Crippen LogP contribution in [0, 0.1) is 5.82 Å². The van der Waals surface area contributed by atoms with Crippen LogP contribution in [0.5, 0.6) is 0 Å². The molecule has 13 heavy (non-hydrogen) atoms. The van der Waals surface area contributed by atoms with Crippen molar-refractivity contribution in [2.75, 3.05) is 6.54 Å². The summed E-state index contributed by atoms with van der Waals surface area (Å²) in [7, 11) is 0. The summed E-state index contributed by atoms with van der Waals surface area (Å²) in [6.45, 7) is 0.322. The number of hydrogen-bond donors (Lipinski definition) is 2. The van der Waals surface area contributed by atoms with Crippen LogP contribution < -0.4 is 11.5 Å². The van der Waals surface area contributed by atoms with Gasteiger partial charge < -0.3 is 11.5 Å². The predicted molar refractivity (Wildman–Crippen MR) is 57.8 cm³/mol. The fourth-order valence-corrected chi connectivity index (χ4v) is 2.74. The molecule has 0 radical (unpaired) electrons. The average molecular weight is 312 g/mol. The lowest BCUT2D eigenvalue weighted by Gasteiger charge is -2.13. The van der Waals surface area contributed by atoms with Gasteiger partial charge in [0.2, 0.25) is 0 Å². The molecule has 0 fully saturated rings. The Morgan fingerprint density at radius 3 is 2.15 bits per heavy atom. The summed E-state index contributed by atoms with van der Waals surface area (Å²) in [5.74, 6) is -0.313. The molecule has 1 aromatic carbocycles. The molecular formula is C8H9Br2FN2. The Morgan fingerprint density at radius 1 is 1.31 bits per heavy atom. The summed E-state index contributed by atoms with van der Waals surface area (Å²) >= 11 is 6.47. The van der Waals surface area contributed by atoms with Crippen molar-refractivity contribution < 1.29 is 4.39 Å². The van der Waals surface area contributed by atoms with Gasteiger partial charge in [-0.25, -0.2) is 4.39 Å². The van der Waals surface area contributed by atoms with E-state index in [9.17, 15) is 4.39 Å². The zero-order valence-corrected chi connectivity index (χ0v) is 9.90. The lowest BCUT2D eigenvalue weighted by molar-refractivity contribution is 0.622. The highest BCUT2D eigenvalue weighted by Gasteiger charge is 2.13. The molecule has 5 heteroatoms. The Bertz CT molecular complexity index is 294.